The summed E-state index contributed by atoms with van der Waals surface area (Å²) in [7, 11) is 1.29. The van der Waals surface area contributed by atoms with Crippen LogP contribution in [-0.4, -0.2) is 61.6 Å². The number of hydrogen-bond acceptors (Lipinski definition) is 6. The third kappa shape index (κ3) is 5.85. The number of pyridine rings is 1. The van der Waals surface area contributed by atoms with E-state index in [1.807, 2.05) is 18.2 Å². The van der Waals surface area contributed by atoms with Crippen LogP contribution in [0.25, 0.3) is 10.9 Å². The number of aromatic nitrogens is 1. The minimum absolute atomic E-state index is 0.139. The van der Waals surface area contributed by atoms with Crippen LogP contribution in [0, 0.1) is 0 Å². The molecule has 0 aliphatic carbocycles. The van der Waals surface area contributed by atoms with E-state index >= 15 is 0 Å². The number of esters is 1. The molecule has 4 rings (SSSR count). The van der Waals surface area contributed by atoms with Crippen LogP contribution in [0.3, 0.4) is 0 Å². The highest BCUT2D eigenvalue weighted by Gasteiger charge is 2.19. The Morgan fingerprint density at radius 3 is 2.59 bits per heavy atom. The van der Waals surface area contributed by atoms with Gasteiger partial charge in [-0.1, -0.05) is 35.9 Å². The first-order chi connectivity index (χ1) is 16.5. The van der Waals surface area contributed by atoms with E-state index in [1.54, 1.807) is 18.2 Å². The summed E-state index contributed by atoms with van der Waals surface area (Å²) in [6, 6.07) is 17.4. The van der Waals surface area contributed by atoms with Crippen LogP contribution >= 0.6 is 11.6 Å². The van der Waals surface area contributed by atoms with E-state index in [0.29, 0.717) is 12.1 Å². The van der Waals surface area contributed by atoms with Gasteiger partial charge >= 0.3 is 5.97 Å². The number of hydrogen-bond donors (Lipinski definition) is 1. The van der Waals surface area contributed by atoms with Crippen molar-refractivity contribution in [3.63, 3.8) is 0 Å². The molecule has 1 aliphatic rings. The molecule has 1 aliphatic heterocycles. The Kier molecular flexibility index (Phi) is 7.98. The van der Waals surface area contributed by atoms with E-state index in [4.69, 9.17) is 21.3 Å². The molecule has 0 bridgehead atoms. The fourth-order valence-electron chi connectivity index (χ4n) is 4.20. The fraction of sp³-hybridized carbons (Fsp3) is 0.346. The second kappa shape index (κ2) is 11.3. The molecule has 8 heteroatoms. The van der Waals surface area contributed by atoms with Gasteiger partial charge in [0.1, 0.15) is 11.4 Å². The molecule has 2 aromatic carbocycles. The standard InChI is InChI=1S/C26H29ClN4O3/c1-34-26(33)25-20(27)8-6-10-22(25)29-24(32)11-4-5-14-30-15-17-31(18-16-30)23-13-12-19-7-2-3-9-21(19)28-23/h2-3,6-10,12-13H,4-5,11,14-18H2,1H3,(H,29,32). The van der Waals surface area contributed by atoms with E-state index < -0.39 is 5.97 Å². The van der Waals surface area contributed by atoms with E-state index in [-0.39, 0.29) is 16.5 Å². The lowest BCUT2D eigenvalue weighted by Crippen LogP contribution is -2.46. The molecule has 1 fully saturated rings. The molecule has 3 aromatic rings. The average Bonchev–Trinajstić information content (AvgIpc) is 2.86. The molecule has 0 saturated carbocycles. The topological polar surface area (TPSA) is 74.8 Å². The molecule has 2 heterocycles. The second-order valence-corrected chi connectivity index (χ2v) is 8.76. The van der Waals surface area contributed by atoms with Gasteiger partial charge in [-0.2, -0.15) is 0 Å². The number of halogens is 1. The van der Waals surface area contributed by atoms with E-state index in [0.717, 1.165) is 62.3 Å². The van der Waals surface area contributed by atoms with Crippen LogP contribution in [0.1, 0.15) is 29.6 Å². The number of nitrogens with one attached hydrogen (secondary N) is 1. The first-order valence-corrected chi connectivity index (χ1v) is 11.9. The molecule has 1 amide bonds. The second-order valence-electron chi connectivity index (χ2n) is 8.35. The Labute approximate surface area is 204 Å². The van der Waals surface area contributed by atoms with Gasteiger partial charge in [-0.3, -0.25) is 9.69 Å². The number of para-hydroxylation sites is 1. The molecule has 178 valence electrons. The maximum Gasteiger partial charge on any atom is 0.341 e. The van der Waals surface area contributed by atoms with Gasteiger partial charge in [0.05, 0.1) is 23.3 Å². The number of amides is 1. The molecule has 1 aromatic heterocycles. The zero-order chi connectivity index (χ0) is 23.9. The van der Waals surface area contributed by atoms with Gasteiger partial charge < -0.3 is 15.0 Å². The number of nitrogens with zero attached hydrogens (tertiary/aromatic N) is 3. The minimum Gasteiger partial charge on any atom is -0.465 e. The highest BCUT2D eigenvalue weighted by Crippen LogP contribution is 2.25. The molecule has 0 spiro atoms. The Morgan fingerprint density at radius 2 is 1.79 bits per heavy atom. The monoisotopic (exact) mass is 480 g/mol. The summed E-state index contributed by atoms with van der Waals surface area (Å²) < 4.78 is 4.77. The molecule has 1 saturated heterocycles. The molecule has 0 atom stereocenters. The van der Waals surface area contributed by atoms with Crippen molar-refractivity contribution in [2.24, 2.45) is 0 Å². The number of benzene rings is 2. The summed E-state index contributed by atoms with van der Waals surface area (Å²) in [5.74, 6) is 0.320. The SMILES string of the molecule is COC(=O)c1c(Cl)cccc1NC(=O)CCCCN1CCN(c2ccc3ccccc3n2)CC1. The van der Waals surface area contributed by atoms with Gasteiger partial charge in [-0.05, 0) is 49.7 Å². The van der Waals surface area contributed by atoms with Crippen molar-refractivity contribution < 1.29 is 14.3 Å². The Morgan fingerprint density at radius 1 is 1.00 bits per heavy atom. The van der Waals surface area contributed by atoms with Gasteiger partial charge in [-0.15, -0.1) is 0 Å². The largest absolute Gasteiger partial charge is 0.465 e. The smallest absolute Gasteiger partial charge is 0.341 e. The van der Waals surface area contributed by atoms with Gasteiger partial charge in [-0.25, -0.2) is 9.78 Å². The lowest BCUT2D eigenvalue weighted by atomic mass is 10.1. The van der Waals surface area contributed by atoms with E-state index in [9.17, 15) is 9.59 Å². The lowest BCUT2D eigenvalue weighted by molar-refractivity contribution is -0.116. The van der Waals surface area contributed by atoms with Crippen LogP contribution in [-0.2, 0) is 9.53 Å². The summed E-state index contributed by atoms with van der Waals surface area (Å²) in [4.78, 5) is 33.9. The van der Waals surface area contributed by atoms with Crippen LogP contribution in [0.5, 0.6) is 0 Å². The van der Waals surface area contributed by atoms with E-state index in [2.05, 4.69) is 33.3 Å². The Balaban J connectivity index is 1.19. The lowest BCUT2D eigenvalue weighted by Gasteiger charge is -2.35. The van der Waals surface area contributed by atoms with Gasteiger partial charge in [0, 0.05) is 38.0 Å². The van der Waals surface area contributed by atoms with Crippen LogP contribution in [0.4, 0.5) is 11.5 Å². The number of carbonyl (C=O) groups is 2. The van der Waals surface area contributed by atoms with Crippen molar-refractivity contribution in [2.45, 2.75) is 19.3 Å². The highest BCUT2D eigenvalue weighted by molar-refractivity contribution is 6.34. The number of carbonyl (C=O) groups excluding carboxylic acids is 2. The molecule has 7 nitrogen and oxygen atoms in total. The first-order valence-electron chi connectivity index (χ1n) is 11.5. The van der Waals surface area contributed by atoms with Crippen molar-refractivity contribution in [2.75, 3.05) is 50.1 Å². The van der Waals surface area contributed by atoms with Crippen LogP contribution in [0.2, 0.25) is 5.02 Å². The first kappa shape index (κ1) is 24.0. The molecule has 34 heavy (non-hydrogen) atoms. The summed E-state index contributed by atoms with van der Waals surface area (Å²) >= 11 is 6.11. The van der Waals surface area contributed by atoms with E-state index in [1.165, 1.54) is 7.11 Å². The number of anilines is 2. The van der Waals surface area contributed by atoms with Crippen LogP contribution < -0.4 is 10.2 Å². The molecule has 0 unspecified atom stereocenters. The van der Waals surface area contributed by atoms with Crippen molar-refractivity contribution in [1.29, 1.82) is 0 Å². The predicted molar refractivity (Wildman–Crippen MR) is 136 cm³/mol. The molecular weight excluding hydrogens is 452 g/mol. The quantitative estimate of drug-likeness (QED) is 0.375. The van der Waals surface area contributed by atoms with Gasteiger partial charge in [0.15, 0.2) is 0 Å². The van der Waals surface area contributed by atoms with Crippen molar-refractivity contribution in [1.82, 2.24) is 9.88 Å². The summed E-state index contributed by atoms with van der Waals surface area (Å²) in [6.07, 6.45) is 2.08. The Bertz CT molecular complexity index is 1160. The summed E-state index contributed by atoms with van der Waals surface area (Å²) in [5, 5.41) is 4.20. The third-order valence-corrected chi connectivity index (χ3v) is 6.40. The molecular formula is C26H29ClN4O3. The van der Waals surface area contributed by atoms with Crippen molar-refractivity contribution in [3.8, 4) is 0 Å². The predicted octanol–water partition coefficient (Wildman–Crippen LogP) is 4.61. The summed E-state index contributed by atoms with van der Waals surface area (Å²) in [5.41, 5.74) is 1.58. The zero-order valence-corrected chi connectivity index (χ0v) is 20.1. The maximum absolute atomic E-state index is 12.4. The van der Waals surface area contributed by atoms with Gasteiger partial charge in [0.2, 0.25) is 5.91 Å². The normalized spacial score (nSPS) is 14.2. The maximum atomic E-state index is 12.4. The highest BCUT2D eigenvalue weighted by atomic mass is 35.5. The third-order valence-electron chi connectivity index (χ3n) is 6.09. The van der Waals surface area contributed by atoms with Crippen molar-refractivity contribution >= 4 is 45.9 Å². The Hall–Kier alpha value is -3.16. The fourth-order valence-corrected chi connectivity index (χ4v) is 4.46. The molecule has 0 radical (unpaired) electrons. The number of unbranched alkanes of at least 4 members (excludes halogenated alkanes) is 1. The number of piperazine rings is 1. The average molecular weight is 481 g/mol. The zero-order valence-electron chi connectivity index (χ0n) is 19.3. The number of ether oxygens (including phenoxy) is 1. The number of rotatable bonds is 8. The minimum atomic E-state index is -0.570. The van der Waals surface area contributed by atoms with Crippen molar-refractivity contribution in [3.05, 3.63) is 65.2 Å². The van der Waals surface area contributed by atoms with Gasteiger partial charge in [0.25, 0.3) is 0 Å². The number of fused-ring (bicyclic) bond motifs is 1. The summed E-state index contributed by atoms with van der Waals surface area (Å²) in [6.45, 7) is 4.79. The number of methoxy groups -OCH3 is 1. The van der Waals surface area contributed by atoms with Crippen LogP contribution in [0.15, 0.2) is 54.6 Å². The molecule has 1 N–H and O–H groups in total.